The van der Waals surface area contributed by atoms with Gasteiger partial charge in [-0.05, 0) is 128 Å². The summed E-state index contributed by atoms with van der Waals surface area (Å²) in [7, 11) is 0. The molecule has 2 heterocycles. The van der Waals surface area contributed by atoms with Crippen molar-refractivity contribution in [1.29, 1.82) is 0 Å². The number of halogens is 3. The molecule has 1 saturated heterocycles. The number of carbonyl (C=O) groups excluding carboxylic acids is 4. The maximum Gasteiger partial charge on any atom is 0.435 e. The first-order chi connectivity index (χ1) is 31.4. The molecule has 378 valence electrons. The Morgan fingerprint density at radius 1 is 0.882 bits per heavy atom. The lowest BCUT2D eigenvalue weighted by Crippen LogP contribution is -2.68. The van der Waals surface area contributed by atoms with E-state index < -0.39 is 58.0 Å². The quantitative estimate of drug-likeness (QED) is 0.184. The number of alkyl halides is 3. The van der Waals surface area contributed by atoms with Crippen LogP contribution in [0.1, 0.15) is 157 Å². The van der Waals surface area contributed by atoms with Gasteiger partial charge in [-0.25, -0.2) is 0 Å². The number of rotatable bonds is 11. The van der Waals surface area contributed by atoms with Crippen LogP contribution in [-0.4, -0.2) is 99.4 Å². The highest BCUT2D eigenvalue weighted by Gasteiger charge is 2.71. The number of morpholine rings is 1. The summed E-state index contributed by atoms with van der Waals surface area (Å²) in [5.41, 5.74) is -3.61. The van der Waals surface area contributed by atoms with Crippen LogP contribution in [0.15, 0.2) is 17.2 Å². The van der Waals surface area contributed by atoms with Crippen LogP contribution < -0.4 is 10.6 Å². The van der Waals surface area contributed by atoms with Gasteiger partial charge in [-0.3, -0.25) is 33.6 Å². The minimum absolute atomic E-state index is 0.00636. The van der Waals surface area contributed by atoms with Crippen molar-refractivity contribution < 1.29 is 51.7 Å². The highest BCUT2D eigenvalue weighted by atomic mass is 19.4. The number of esters is 1. The van der Waals surface area contributed by atoms with Crippen LogP contribution in [0.4, 0.5) is 13.2 Å². The Balaban J connectivity index is 1.01. The van der Waals surface area contributed by atoms with Crippen molar-refractivity contribution in [2.75, 3.05) is 32.8 Å². The van der Waals surface area contributed by atoms with Crippen LogP contribution in [0.2, 0.25) is 0 Å². The molecule has 6 aliphatic carbocycles. The monoisotopic (exact) mass is 956 g/mol. The zero-order valence-electron chi connectivity index (χ0n) is 42.2. The summed E-state index contributed by atoms with van der Waals surface area (Å²) in [6.07, 6.45) is 1.96. The largest absolute Gasteiger partial charge is 0.481 e. The second-order valence-electron chi connectivity index (χ2n) is 24.7. The van der Waals surface area contributed by atoms with Crippen LogP contribution in [0.25, 0.3) is 0 Å². The van der Waals surface area contributed by atoms with E-state index in [1.165, 1.54) is 13.8 Å². The van der Waals surface area contributed by atoms with Crippen molar-refractivity contribution in [1.82, 2.24) is 25.3 Å². The molecule has 8 rings (SSSR count). The third kappa shape index (κ3) is 7.95. The number of hydrogen-bond donors (Lipinski definition) is 3. The number of allylic oxidation sites excluding steroid dienone is 1. The average Bonchev–Trinajstić information content (AvgIpc) is 3.80. The molecule has 2 amide bonds. The molecule has 1 aliphatic heterocycles. The average molecular weight is 956 g/mol. The van der Waals surface area contributed by atoms with Crippen molar-refractivity contribution in [3.8, 4) is 0 Å². The van der Waals surface area contributed by atoms with Crippen LogP contribution in [0, 0.1) is 62.6 Å². The summed E-state index contributed by atoms with van der Waals surface area (Å²) in [5, 5.41) is 19.6. The Morgan fingerprint density at radius 2 is 1.56 bits per heavy atom. The molecule has 0 bridgehead atoms. The number of amides is 2. The molecule has 13 nitrogen and oxygen atoms in total. The van der Waals surface area contributed by atoms with Gasteiger partial charge in [0.15, 0.2) is 11.5 Å². The topological polar surface area (TPSA) is 169 Å². The molecule has 3 N–H and O–H groups in total. The molecule has 1 aromatic rings. The Hall–Kier alpha value is -3.79. The van der Waals surface area contributed by atoms with E-state index >= 15 is 0 Å². The van der Waals surface area contributed by atoms with E-state index in [0.717, 1.165) is 66.8 Å². The molecule has 16 heteroatoms. The summed E-state index contributed by atoms with van der Waals surface area (Å²) >= 11 is 0. The molecule has 0 unspecified atom stereocenters. The van der Waals surface area contributed by atoms with Gasteiger partial charge < -0.3 is 25.2 Å². The Kier molecular flexibility index (Phi) is 12.6. The lowest BCUT2D eigenvalue weighted by Gasteiger charge is -2.72. The van der Waals surface area contributed by atoms with E-state index in [1.54, 1.807) is 0 Å². The minimum Gasteiger partial charge on any atom is -0.481 e. The molecular formula is C52H76F3N5O8. The molecule has 5 saturated carbocycles. The minimum atomic E-state index is -4.78. The van der Waals surface area contributed by atoms with Crippen molar-refractivity contribution in [3.63, 3.8) is 0 Å². The van der Waals surface area contributed by atoms with Gasteiger partial charge in [-0.1, -0.05) is 62.3 Å². The number of ketones is 1. The fourth-order valence-electron chi connectivity index (χ4n) is 15.7. The molecule has 6 fully saturated rings. The SMILES string of the molecule is CC(C)C1=C2[C@H]3CC[C@@H]4[C@@]5(C)CC[C@H](OC(=O)[C@H]6C[C@@H](C(=O)O)C6(C)C)C(C)(C)[C@@H]5CC[C@@]4(C)[C@]3(C)CC[C@@]2(NC(=O)C(C)(C)NC(=O)c2cc(C(F)(F)F)nn2CCN2CCOCC2)CC1=O. The number of ether oxygens (including phenoxy) is 2. The lowest BCUT2D eigenvalue weighted by molar-refractivity contribution is -0.235. The predicted molar refractivity (Wildman–Crippen MR) is 247 cm³/mol. The normalized spacial score (nSPS) is 36.7. The van der Waals surface area contributed by atoms with E-state index in [-0.39, 0.29) is 75.9 Å². The van der Waals surface area contributed by atoms with Gasteiger partial charge in [0.1, 0.15) is 17.3 Å². The van der Waals surface area contributed by atoms with Gasteiger partial charge >= 0.3 is 18.1 Å². The first kappa shape index (κ1) is 50.6. The summed E-state index contributed by atoms with van der Waals surface area (Å²) in [5.74, 6) is -2.97. The number of hydrogen-bond acceptors (Lipinski definition) is 9. The Labute approximate surface area is 399 Å². The third-order valence-electron chi connectivity index (χ3n) is 19.9. The predicted octanol–water partition coefficient (Wildman–Crippen LogP) is 8.25. The van der Waals surface area contributed by atoms with Crippen molar-refractivity contribution in [2.24, 2.45) is 62.6 Å². The second kappa shape index (κ2) is 16.9. The van der Waals surface area contributed by atoms with Crippen LogP contribution >= 0.6 is 0 Å². The van der Waals surface area contributed by atoms with E-state index in [4.69, 9.17) is 9.47 Å². The summed E-state index contributed by atoms with van der Waals surface area (Å²) in [6, 6.07) is 0.733. The number of carboxylic acids is 1. The van der Waals surface area contributed by atoms with Crippen LogP contribution in [0.5, 0.6) is 0 Å². The summed E-state index contributed by atoms with van der Waals surface area (Å²) in [4.78, 5) is 70.6. The van der Waals surface area contributed by atoms with E-state index in [9.17, 15) is 42.3 Å². The number of nitrogens with zero attached hydrogens (tertiary/aromatic N) is 3. The van der Waals surface area contributed by atoms with Gasteiger partial charge in [0.05, 0.1) is 37.1 Å². The van der Waals surface area contributed by atoms with Gasteiger partial charge in [-0.2, -0.15) is 18.3 Å². The number of carboxylic acid groups (broad SMARTS) is 1. The summed E-state index contributed by atoms with van der Waals surface area (Å²) < 4.78 is 54.8. The van der Waals surface area contributed by atoms with Gasteiger partial charge in [0, 0.05) is 37.5 Å². The van der Waals surface area contributed by atoms with Gasteiger partial charge in [-0.15, -0.1) is 0 Å². The molecule has 10 atom stereocenters. The molecule has 0 radical (unpaired) electrons. The van der Waals surface area contributed by atoms with Crippen LogP contribution in [-0.2, 0) is 41.4 Å². The zero-order valence-corrected chi connectivity index (χ0v) is 42.2. The van der Waals surface area contributed by atoms with Crippen molar-refractivity contribution in [2.45, 2.75) is 170 Å². The van der Waals surface area contributed by atoms with Crippen LogP contribution in [0.3, 0.4) is 0 Å². The maximum absolute atomic E-state index is 14.7. The summed E-state index contributed by atoms with van der Waals surface area (Å²) in [6.45, 7) is 25.3. The molecule has 7 aliphatic rings. The first-order valence-corrected chi connectivity index (χ1v) is 25.3. The Morgan fingerprint density at radius 3 is 2.18 bits per heavy atom. The number of aliphatic carboxylic acids is 1. The van der Waals surface area contributed by atoms with E-state index in [0.29, 0.717) is 51.6 Å². The highest BCUT2D eigenvalue weighted by molar-refractivity contribution is 6.03. The van der Waals surface area contributed by atoms with E-state index in [2.05, 4.69) is 50.4 Å². The number of nitrogens with one attached hydrogen (secondary N) is 2. The first-order valence-electron chi connectivity index (χ1n) is 25.3. The molecule has 68 heavy (non-hydrogen) atoms. The van der Waals surface area contributed by atoms with Gasteiger partial charge in [0.2, 0.25) is 5.91 Å². The standard InChI is InChI=1S/C52H76F3N5O8/c1-29(2)39-34(61)28-51(57-44(66)47(7,8)56-41(62)33-27-37(52(53,54)55)58-60(33)21-20-59-22-24-67-25-23-59)19-18-49(10)30(40(39)51)12-13-36-48(9)16-15-38(46(5,6)35(48)14-17-50(36,49)11)68-43(65)32-26-31(42(63)64)45(32,3)4/h27,29-32,35-36,38H,12-26,28H2,1-11H3,(H,56,62)(H,57,66)(H,63,64)/t30-,31+,32-,35+,36-,38+,48+,49-,50-,51-/m1/s1. The number of fused-ring (bicyclic) bond motifs is 7. The van der Waals surface area contributed by atoms with E-state index in [1.807, 2.05) is 32.6 Å². The van der Waals surface area contributed by atoms with Crippen molar-refractivity contribution in [3.05, 3.63) is 28.6 Å². The molecule has 0 aromatic carbocycles. The molecule has 0 spiro atoms. The van der Waals surface area contributed by atoms with Crippen molar-refractivity contribution >= 4 is 29.5 Å². The number of Topliss-reactive ketones (excluding diaryl/α,β-unsaturated/α-hetero) is 1. The smallest absolute Gasteiger partial charge is 0.435 e. The zero-order chi connectivity index (χ0) is 49.9. The fourth-order valence-corrected chi connectivity index (χ4v) is 15.7. The Bertz CT molecular complexity index is 2260. The fraction of sp³-hybridized carbons (Fsp3) is 0.808. The van der Waals surface area contributed by atoms with Gasteiger partial charge in [0.25, 0.3) is 5.91 Å². The molecular weight excluding hydrogens is 880 g/mol. The maximum atomic E-state index is 14.7. The second-order valence-corrected chi connectivity index (χ2v) is 24.7. The third-order valence-corrected chi connectivity index (χ3v) is 19.9. The number of aromatic nitrogens is 2. The lowest BCUT2D eigenvalue weighted by atomic mass is 9.33. The molecule has 1 aromatic heterocycles. The highest BCUT2D eigenvalue weighted by Crippen LogP contribution is 2.76. The number of carbonyl (C=O) groups is 5.